The van der Waals surface area contributed by atoms with Crippen LogP contribution in [0.2, 0.25) is 5.15 Å². The Morgan fingerprint density at radius 1 is 1.55 bits per heavy atom. The Balaban J connectivity index is 2.26. The molecule has 2 rings (SSSR count). The summed E-state index contributed by atoms with van der Waals surface area (Å²) in [5, 5.41) is 13.3. The highest BCUT2D eigenvalue weighted by molar-refractivity contribution is 6.32. The molecule has 100 valence electrons. The largest absolute Gasteiger partial charge is 0.272 e. The molecule has 0 spiro atoms. The fraction of sp³-hybridized carbons (Fsp3) is 0.143. The van der Waals surface area contributed by atoms with Gasteiger partial charge in [0.25, 0.3) is 5.91 Å². The van der Waals surface area contributed by atoms with Crippen LogP contribution < -0.4 is 5.43 Å². The molecule has 0 atom stereocenters. The Kier molecular flexibility index (Phi) is 4.28. The highest BCUT2D eigenvalue weighted by atomic mass is 35.5. The van der Waals surface area contributed by atoms with Crippen molar-refractivity contribution in [2.75, 3.05) is 0 Å². The van der Waals surface area contributed by atoms with Gasteiger partial charge in [-0.2, -0.15) is 10.4 Å². The van der Waals surface area contributed by atoms with E-state index in [-0.39, 0.29) is 6.42 Å². The van der Waals surface area contributed by atoms with Crippen molar-refractivity contribution < 1.29 is 4.79 Å². The zero-order chi connectivity index (χ0) is 14.5. The van der Waals surface area contributed by atoms with Crippen molar-refractivity contribution in [1.82, 2.24) is 10.4 Å². The van der Waals surface area contributed by atoms with Gasteiger partial charge in [0.05, 0.1) is 17.8 Å². The van der Waals surface area contributed by atoms with E-state index in [1.807, 2.05) is 31.2 Å². The van der Waals surface area contributed by atoms with Crippen LogP contribution >= 0.6 is 11.6 Å². The fourth-order valence-corrected chi connectivity index (χ4v) is 1.86. The zero-order valence-corrected chi connectivity index (χ0v) is 11.5. The van der Waals surface area contributed by atoms with Gasteiger partial charge >= 0.3 is 0 Å². The number of aromatic nitrogens is 1. The van der Waals surface area contributed by atoms with Crippen molar-refractivity contribution in [1.29, 1.82) is 5.26 Å². The van der Waals surface area contributed by atoms with Crippen molar-refractivity contribution >= 4 is 34.6 Å². The van der Waals surface area contributed by atoms with Crippen molar-refractivity contribution in [2.45, 2.75) is 13.3 Å². The van der Waals surface area contributed by atoms with Crippen molar-refractivity contribution in [3.05, 3.63) is 40.5 Å². The summed E-state index contributed by atoms with van der Waals surface area (Å²) in [5.74, 6) is -0.468. The van der Waals surface area contributed by atoms with Gasteiger partial charge in [0.15, 0.2) is 0 Å². The number of nitrogens with one attached hydrogen (secondary N) is 1. The van der Waals surface area contributed by atoms with E-state index >= 15 is 0 Å². The highest BCUT2D eigenvalue weighted by Crippen LogP contribution is 2.20. The second-order valence-corrected chi connectivity index (χ2v) is 4.55. The molecule has 1 aromatic heterocycles. The minimum absolute atomic E-state index is 0.236. The molecule has 0 bridgehead atoms. The SMILES string of the molecule is Cc1ccc2nc(Cl)c(/C=N\NC(=O)CC#N)cc2c1. The lowest BCUT2D eigenvalue weighted by molar-refractivity contribution is -0.120. The van der Waals surface area contributed by atoms with Crippen LogP contribution in [0, 0.1) is 18.3 Å². The smallest absolute Gasteiger partial charge is 0.254 e. The number of hydrogen-bond donors (Lipinski definition) is 1. The topological polar surface area (TPSA) is 78.1 Å². The number of carbonyl (C=O) groups excluding carboxylic acids is 1. The summed E-state index contributed by atoms with van der Waals surface area (Å²) >= 11 is 6.05. The molecule has 0 unspecified atom stereocenters. The van der Waals surface area contributed by atoms with Gasteiger partial charge in [-0.25, -0.2) is 10.4 Å². The van der Waals surface area contributed by atoms with E-state index in [9.17, 15) is 4.79 Å². The molecular weight excluding hydrogens is 276 g/mol. The van der Waals surface area contributed by atoms with Gasteiger partial charge < -0.3 is 0 Å². The molecule has 0 aliphatic carbocycles. The van der Waals surface area contributed by atoms with Crippen molar-refractivity contribution in [3.8, 4) is 6.07 Å². The lowest BCUT2D eigenvalue weighted by Crippen LogP contribution is -2.16. The zero-order valence-electron chi connectivity index (χ0n) is 10.7. The number of nitrogens with zero attached hydrogens (tertiary/aromatic N) is 3. The maximum absolute atomic E-state index is 11.1. The third-order valence-corrected chi connectivity index (χ3v) is 2.89. The van der Waals surface area contributed by atoms with Gasteiger partial charge in [0.1, 0.15) is 11.6 Å². The molecule has 1 aromatic carbocycles. The molecule has 1 N–H and O–H groups in total. The van der Waals surface area contributed by atoms with Gasteiger partial charge in [-0.05, 0) is 25.1 Å². The number of rotatable bonds is 3. The molecule has 6 heteroatoms. The fourth-order valence-electron chi connectivity index (χ4n) is 1.66. The average molecular weight is 287 g/mol. The number of hydrogen-bond acceptors (Lipinski definition) is 4. The first-order valence-corrected chi connectivity index (χ1v) is 6.23. The standard InChI is InChI=1S/C14H11ClN4O/c1-9-2-3-12-10(6-9)7-11(14(15)18-12)8-17-19-13(20)4-5-16/h2-3,6-8H,4H2,1H3,(H,19,20)/b17-8-. The molecular formula is C14H11ClN4O. The van der Waals surface area contributed by atoms with Crippen LogP contribution in [0.5, 0.6) is 0 Å². The summed E-state index contributed by atoms with van der Waals surface area (Å²) in [6, 6.07) is 9.42. The number of pyridine rings is 1. The van der Waals surface area contributed by atoms with E-state index < -0.39 is 5.91 Å². The summed E-state index contributed by atoms with van der Waals surface area (Å²) in [6.07, 6.45) is 1.17. The maximum Gasteiger partial charge on any atom is 0.254 e. The van der Waals surface area contributed by atoms with E-state index in [0.29, 0.717) is 10.7 Å². The first-order valence-electron chi connectivity index (χ1n) is 5.86. The minimum Gasteiger partial charge on any atom is -0.272 e. The van der Waals surface area contributed by atoms with Crippen molar-refractivity contribution in [2.24, 2.45) is 5.10 Å². The summed E-state index contributed by atoms with van der Waals surface area (Å²) in [6.45, 7) is 1.99. The van der Waals surface area contributed by atoms with Gasteiger partial charge in [-0.3, -0.25) is 4.79 Å². The van der Waals surface area contributed by atoms with Crippen molar-refractivity contribution in [3.63, 3.8) is 0 Å². The number of halogens is 1. The molecule has 20 heavy (non-hydrogen) atoms. The number of benzene rings is 1. The molecule has 1 amide bonds. The van der Waals surface area contributed by atoms with Crippen LogP contribution in [-0.2, 0) is 4.79 Å². The second-order valence-electron chi connectivity index (χ2n) is 4.19. The Hall–Kier alpha value is -2.45. The normalized spacial score (nSPS) is 10.7. The summed E-state index contributed by atoms with van der Waals surface area (Å²) in [7, 11) is 0. The van der Waals surface area contributed by atoms with Crippen LogP contribution in [0.4, 0.5) is 0 Å². The lowest BCUT2D eigenvalue weighted by Gasteiger charge is -2.03. The monoisotopic (exact) mass is 286 g/mol. The van der Waals surface area contributed by atoms with E-state index in [4.69, 9.17) is 16.9 Å². The van der Waals surface area contributed by atoms with Gasteiger partial charge in [-0.15, -0.1) is 0 Å². The first kappa shape index (κ1) is 14.0. The number of carbonyl (C=O) groups is 1. The van der Waals surface area contributed by atoms with E-state index in [1.165, 1.54) is 6.21 Å². The molecule has 1 heterocycles. The minimum atomic E-state index is -0.468. The van der Waals surface area contributed by atoms with E-state index in [0.717, 1.165) is 16.5 Å². The Labute approximate surface area is 120 Å². The molecule has 2 aromatic rings. The van der Waals surface area contributed by atoms with Gasteiger partial charge in [-0.1, -0.05) is 23.2 Å². The van der Waals surface area contributed by atoms with E-state index in [2.05, 4.69) is 15.5 Å². The van der Waals surface area contributed by atoms with Gasteiger partial charge in [0, 0.05) is 10.9 Å². The van der Waals surface area contributed by atoms with E-state index in [1.54, 1.807) is 6.07 Å². The number of amides is 1. The Bertz CT molecular complexity index is 734. The maximum atomic E-state index is 11.1. The number of hydrazone groups is 1. The first-order chi connectivity index (χ1) is 9.60. The molecule has 0 aliphatic heterocycles. The molecule has 0 radical (unpaired) electrons. The molecule has 0 saturated heterocycles. The Morgan fingerprint density at radius 3 is 3.10 bits per heavy atom. The summed E-state index contributed by atoms with van der Waals surface area (Å²) in [4.78, 5) is 15.3. The predicted molar refractivity (Wildman–Crippen MR) is 77.5 cm³/mol. The molecule has 0 saturated carbocycles. The van der Waals surface area contributed by atoms with Crippen LogP contribution in [0.3, 0.4) is 0 Å². The third-order valence-electron chi connectivity index (χ3n) is 2.58. The van der Waals surface area contributed by atoms with Crippen LogP contribution in [0.25, 0.3) is 10.9 Å². The summed E-state index contributed by atoms with van der Waals surface area (Å²) in [5.41, 5.74) is 4.75. The van der Waals surface area contributed by atoms with Gasteiger partial charge in [0.2, 0.25) is 0 Å². The molecule has 0 fully saturated rings. The summed E-state index contributed by atoms with van der Waals surface area (Å²) < 4.78 is 0. The van der Waals surface area contributed by atoms with Crippen LogP contribution in [-0.4, -0.2) is 17.1 Å². The number of aryl methyl sites for hydroxylation is 1. The third kappa shape index (κ3) is 3.31. The molecule has 5 nitrogen and oxygen atoms in total. The Morgan fingerprint density at radius 2 is 2.35 bits per heavy atom. The second kappa shape index (κ2) is 6.13. The quantitative estimate of drug-likeness (QED) is 0.535. The van der Waals surface area contributed by atoms with Crippen LogP contribution in [0.15, 0.2) is 29.4 Å². The lowest BCUT2D eigenvalue weighted by atomic mass is 10.1. The predicted octanol–water partition coefficient (Wildman–Crippen LogP) is 2.56. The number of fused-ring (bicyclic) bond motifs is 1. The van der Waals surface area contributed by atoms with Crippen LogP contribution in [0.1, 0.15) is 17.5 Å². The highest BCUT2D eigenvalue weighted by Gasteiger charge is 2.04. The molecule has 0 aliphatic rings. The number of nitriles is 1. The average Bonchev–Trinajstić information content (AvgIpc) is 2.40.